The van der Waals surface area contributed by atoms with Gasteiger partial charge in [0.25, 0.3) is 0 Å². The Kier molecular flexibility index (Phi) is 5.30. The first-order valence-corrected chi connectivity index (χ1v) is 8.36. The second-order valence-electron chi connectivity index (χ2n) is 4.80. The van der Waals surface area contributed by atoms with Gasteiger partial charge >= 0.3 is 0 Å². The van der Waals surface area contributed by atoms with E-state index in [1.54, 1.807) is 11.8 Å². The summed E-state index contributed by atoms with van der Waals surface area (Å²) >= 11 is 5.15. The molecule has 2 rings (SSSR count). The molecular weight excluding hydrogens is 324 g/mol. The average molecular weight is 343 g/mol. The lowest BCUT2D eigenvalue weighted by molar-refractivity contribution is -0.128. The highest BCUT2D eigenvalue weighted by Gasteiger charge is 2.31. The molecule has 5 heteroatoms. The smallest absolute Gasteiger partial charge is 0.226 e. The molecule has 0 radical (unpaired) electrons. The summed E-state index contributed by atoms with van der Waals surface area (Å²) in [6.07, 6.45) is 0.879. The maximum Gasteiger partial charge on any atom is 0.226 e. The van der Waals surface area contributed by atoms with Crippen LogP contribution in [-0.4, -0.2) is 17.4 Å². The van der Waals surface area contributed by atoms with Crippen LogP contribution in [0.15, 0.2) is 28.7 Å². The molecule has 104 valence electrons. The first-order valence-electron chi connectivity index (χ1n) is 6.52. The number of benzene rings is 1. The molecule has 2 N–H and O–H groups in total. The Morgan fingerprint density at radius 3 is 2.58 bits per heavy atom. The molecule has 1 saturated heterocycles. The lowest BCUT2D eigenvalue weighted by Crippen LogP contribution is -2.58. The van der Waals surface area contributed by atoms with Crippen molar-refractivity contribution < 1.29 is 4.79 Å². The van der Waals surface area contributed by atoms with Crippen LogP contribution in [0.3, 0.4) is 0 Å². The third kappa shape index (κ3) is 3.97. The zero-order valence-corrected chi connectivity index (χ0v) is 13.6. The van der Waals surface area contributed by atoms with Gasteiger partial charge in [-0.15, -0.1) is 11.8 Å². The number of nitrogens with one attached hydrogen (secondary N) is 2. The van der Waals surface area contributed by atoms with Gasteiger partial charge in [-0.3, -0.25) is 10.1 Å². The molecule has 0 saturated carbocycles. The molecule has 1 heterocycles. The van der Waals surface area contributed by atoms with E-state index in [2.05, 4.69) is 52.5 Å². The van der Waals surface area contributed by atoms with Crippen LogP contribution in [0.25, 0.3) is 0 Å². The Morgan fingerprint density at radius 1 is 1.32 bits per heavy atom. The van der Waals surface area contributed by atoms with Gasteiger partial charge in [-0.05, 0) is 31.0 Å². The largest absolute Gasteiger partial charge is 0.331 e. The topological polar surface area (TPSA) is 41.1 Å². The highest BCUT2D eigenvalue weighted by Crippen LogP contribution is 2.22. The molecule has 0 bridgehead atoms. The molecule has 1 aromatic rings. The van der Waals surface area contributed by atoms with Crippen LogP contribution in [0.5, 0.6) is 0 Å². The highest BCUT2D eigenvalue weighted by molar-refractivity contribution is 9.10. The molecule has 0 aromatic heterocycles. The van der Waals surface area contributed by atoms with Crippen molar-refractivity contribution >= 4 is 33.6 Å². The van der Waals surface area contributed by atoms with Crippen LogP contribution < -0.4 is 10.6 Å². The molecule has 1 aromatic carbocycles. The second kappa shape index (κ2) is 6.77. The Labute approximate surface area is 127 Å². The number of hydrogen-bond donors (Lipinski definition) is 2. The number of carbonyl (C=O) groups excluding carboxylic acids is 1. The van der Waals surface area contributed by atoms with Crippen molar-refractivity contribution in [2.24, 2.45) is 5.92 Å². The second-order valence-corrected chi connectivity index (χ2v) is 6.81. The maximum atomic E-state index is 11.9. The Morgan fingerprint density at radius 2 is 2.00 bits per heavy atom. The minimum Gasteiger partial charge on any atom is -0.331 e. The summed E-state index contributed by atoms with van der Waals surface area (Å²) in [4.78, 5) is 11.9. The first kappa shape index (κ1) is 14.9. The van der Waals surface area contributed by atoms with Crippen molar-refractivity contribution in [2.45, 2.75) is 37.6 Å². The van der Waals surface area contributed by atoms with Crippen molar-refractivity contribution in [3.63, 3.8) is 0 Å². The fourth-order valence-corrected chi connectivity index (χ4v) is 3.58. The quantitative estimate of drug-likeness (QED) is 0.883. The summed E-state index contributed by atoms with van der Waals surface area (Å²) in [5.74, 6) is 1.14. The standard InChI is InChI=1S/C14H19BrN2OS/c1-3-12-9(2)16-14(17-13(12)18)19-8-10-4-6-11(15)7-5-10/h4-7,9,12,14,16H,3,8H2,1-2H3,(H,17,18). The van der Waals surface area contributed by atoms with E-state index in [0.717, 1.165) is 16.6 Å². The fourth-order valence-electron chi connectivity index (χ4n) is 2.25. The highest BCUT2D eigenvalue weighted by atomic mass is 79.9. The summed E-state index contributed by atoms with van der Waals surface area (Å²) in [5, 5.41) is 6.48. The van der Waals surface area contributed by atoms with Gasteiger partial charge in [0.15, 0.2) is 0 Å². The molecule has 1 fully saturated rings. The van der Waals surface area contributed by atoms with E-state index in [0.29, 0.717) is 0 Å². The van der Waals surface area contributed by atoms with Crippen molar-refractivity contribution in [3.05, 3.63) is 34.3 Å². The Bertz CT molecular complexity index is 438. The summed E-state index contributed by atoms with van der Waals surface area (Å²) in [7, 11) is 0. The molecule has 0 aliphatic carbocycles. The monoisotopic (exact) mass is 342 g/mol. The van der Waals surface area contributed by atoms with Crippen LogP contribution in [0.2, 0.25) is 0 Å². The van der Waals surface area contributed by atoms with Gasteiger partial charge in [0.05, 0.1) is 5.92 Å². The minimum atomic E-state index is 0.00828. The Balaban J connectivity index is 1.87. The average Bonchev–Trinajstić information content (AvgIpc) is 2.38. The van der Waals surface area contributed by atoms with Gasteiger partial charge in [-0.2, -0.15) is 0 Å². The number of rotatable bonds is 4. The third-order valence-electron chi connectivity index (χ3n) is 3.40. The zero-order chi connectivity index (χ0) is 13.8. The molecular formula is C14H19BrN2OS. The molecule has 1 amide bonds. The van der Waals surface area contributed by atoms with Crippen LogP contribution in [0.4, 0.5) is 0 Å². The van der Waals surface area contributed by atoms with Crippen molar-refractivity contribution in [3.8, 4) is 0 Å². The molecule has 3 unspecified atom stereocenters. The van der Waals surface area contributed by atoms with E-state index in [1.165, 1.54) is 5.56 Å². The van der Waals surface area contributed by atoms with E-state index < -0.39 is 0 Å². The predicted molar refractivity (Wildman–Crippen MR) is 83.7 cm³/mol. The summed E-state index contributed by atoms with van der Waals surface area (Å²) < 4.78 is 1.09. The summed E-state index contributed by atoms with van der Waals surface area (Å²) in [5.41, 5.74) is 1.27. The number of amides is 1. The van der Waals surface area contributed by atoms with Crippen LogP contribution >= 0.6 is 27.7 Å². The number of hydrogen-bond acceptors (Lipinski definition) is 3. The summed E-state index contributed by atoms with van der Waals surface area (Å²) in [6, 6.07) is 8.51. The number of thioether (sulfide) groups is 1. The minimum absolute atomic E-state index is 0.00828. The van der Waals surface area contributed by atoms with E-state index in [4.69, 9.17) is 0 Å². The van der Waals surface area contributed by atoms with Gasteiger partial charge in [0.2, 0.25) is 5.91 Å². The van der Waals surface area contributed by atoms with Gasteiger partial charge < -0.3 is 5.32 Å². The third-order valence-corrected chi connectivity index (χ3v) is 5.01. The van der Waals surface area contributed by atoms with Gasteiger partial charge in [-0.25, -0.2) is 0 Å². The molecule has 0 spiro atoms. The molecule has 1 aliphatic rings. The summed E-state index contributed by atoms with van der Waals surface area (Å²) in [6.45, 7) is 4.14. The number of carbonyl (C=O) groups is 1. The van der Waals surface area contributed by atoms with Gasteiger partial charge in [0, 0.05) is 16.3 Å². The van der Waals surface area contributed by atoms with Crippen LogP contribution in [0.1, 0.15) is 25.8 Å². The normalized spacial score (nSPS) is 27.1. The molecule has 3 atom stereocenters. The van der Waals surface area contributed by atoms with E-state index in [1.807, 2.05) is 12.1 Å². The zero-order valence-electron chi connectivity index (χ0n) is 11.2. The van der Waals surface area contributed by atoms with Crippen molar-refractivity contribution in [1.82, 2.24) is 10.6 Å². The van der Waals surface area contributed by atoms with Gasteiger partial charge in [0.1, 0.15) is 5.50 Å². The lowest BCUT2D eigenvalue weighted by atomic mass is 9.96. The SMILES string of the molecule is CCC1C(=O)NC(SCc2ccc(Br)cc2)NC1C. The van der Waals surface area contributed by atoms with Crippen LogP contribution in [-0.2, 0) is 10.5 Å². The first-order chi connectivity index (χ1) is 9.10. The van der Waals surface area contributed by atoms with Gasteiger partial charge in [-0.1, -0.05) is 35.0 Å². The number of halogens is 1. The predicted octanol–water partition coefficient (Wildman–Crippen LogP) is 3.10. The fraction of sp³-hybridized carbons (Fsp3) is 0.500. The molecule has 1 aliphatic heterocycles. The Hall–Kier alpha value is -0.520. The molecule has 19 heavy (non-hydrogen) atoms. The molecule has 3 nitrogen and oxygen atoms in total. The van der Waals surface area contributed by atoms with E-state index >= 15 is 0 Å². The van der Waals surface area contributed by atoms with Crippen LogP contribution in [0, 0.1) is 5.92 Å². The van der Waals surface area contributed by atoms with Crippen molar-refractivity contribution in [1.29, 1.82) is 0 Å². The maximum absolute atomic E-state index is 11.9. The van der Waals surface area contributed by atoms with Crippen molar-refractivity contribution in [2.75, 3.05) is 0 Å². The van der Waals surface area contributed by atoms with E-state index in [-0.39, 0.29) is 23.4 Å². The lowest BCUT2D eigenvalue weighted by Gasteiger charge is -2.34. The van der Waals surface area contributed by atoms with E-state index in [9.17, 15) is 4.79 Å².